The van der Waals surface area contributed by atoms with E-state index < -0.39 is 17.5 Å². The molecule has 7 nitrogen and oxygen atoms in total. The lowest BCUT2D eigenvalue weighted by molar-refractivity contribution is -0.147. The van der Waals surface area contributed by atoms with E-state index in [0.717, 1.165) is 6.42 Å². The fourth-order valence-electron chi connectivity index (χ4n) is 3.74. The summed E-state index contributed by atoms with van der Waals surface area (Å²) in [5, 5.41) is 13.2. The van der Waals surface area contributed by atoms with Gasteiger partial charge in [0.05, 0.1) is 29.8 Å². The Balaban J connectivity index is 1.89. The van der Waals surface area contributed by atoms with Crippen molar-refractivity contribution in [1.29, 1.82) is 0 Å². The number of ether oxygens (including phenoxy) is 1. The van der Waals surface area contributed by atoms with Crippen LogP contribution in [0, 0.1) is 5.41 Å². The van der Waals surface area contributed by atoms with Crippen molar-refractivity contribution < 1.29 is 24.2 Å². The predicted molar refractivity (Wildman–Crippen MR) is 89.0 cm³/mol. The van der Waals surface area contributed by atoms with E-state index in [4.69, 9.17) is 4.74 Å². The summed E-state index contributed by atoms with van der Waals surface area (Å²) in [5.41, 5.74) is -0.521. The van der Waals surface area contributed by atoms with Gasteiger partial charge >= 0.3 is 5.97 Å². The van der Waals surface area contributed by atoms with Crippen LogP contribution in [0.15, 0.2) is 24.3 Å². The first-order valence-corrected chi connectivity index (χ1v) is 8.42. The largest absolute Gasteiger partial charge is 0.465 e. The maximum absolute atomic E-state index is 13.0. The fraction of sp³-hybridized carbons (Fsp3) is 0.500. The Morgan fingerprint density at radius 2 is 2.04 bits per heavy atom. The van der Waals surface area contributed by atoms with Gasteiger partial charge in [-0.1, -0.05) is 12.1 Å². The fourth-order valence-corrected chi connectivity index (χ4v) is 3.74. The van der Waals surface area contributed by atoms with E-state index in [0.29, 0.717) is 25.9 Å². The highest BCUT2D eigenvalue weighted by Crippen LogP contribution is 2.37. The van der Waals surface area contributed by atoms with Gasteiger partial charge in [-0.05, 0) is 31.4 Å². The molecule has 7 heteroatoms. The number of methoxy groups -OCH3 is 1. The third-order valence-corrected chi connectivity index (χ3v) is 5.17. The molecule has 2 aliphatic rings. The van der Waals surface area contributed by atoms with Gasteiger partial charge in [0, 0.05) is 19.6 Å². The number of aliphatic hydroxyl groups excluding tert-OH is 1. The Labute approximate surface area is 146 Å². The molecule has 0 radical (unpaired) electrons. The zero-order valence-corrected chi connectivity index (χ0v) is 14.2. The Hall–Kier alpha value is -2.41. The zero-order chi connectivity index (χ0) is 18.0. The highest BCUT2D eigenvalue weighted by Gasteiger charge is 2.50. The van der Waals surface area contributed by atoms with E-state index >= 15 is 0 Å². The molecule has 2 aliphatic heterocycles. The van der Waals surface area contributed by atoms with Crippen LogP contribution in [0.5, 0.6) is 0 Å². The van der Waals surface area contributed by atoms with Gasteiger partial charge < -0.3 is 20.1 Å². The molecule has 0 aromatic heterocycles. The highest BCUT2D eigenvalue weighted by atomic mass is 16.5. The van der Waals surface area contributed by atoms with Crippen LogP contribution in [0.4, 0.5) is 0 Å². The summed E-state index contributed by atoms with van der Waals surface area (Å²) in [6.45, 7) is 1.07. The van der Waals surface area contributed by atoms with Crippen molar-refractivity contribution in [2.75, 3.05) is 26.7 Å². The normalized spacial score (nSPS) is 26.2. The number of benzene rings is 1. The van der Waals surface area contributed by atoms with Crippen molar-refractivity contribution in [3.8, 4) is 0 Å². The topological polar surface area (TPSA) is 95.9 Å². The van der Waals surface area contributed by atoms with E-state index in [1.165, 1.54) is 7.11 Å². The third-order valence-electron chi connectivity index (χ3n) is 5.17. The highest BCUT2D eigenvalue weighted by molar-refractivity contribution is 6.05. The van der Waals surface area contributed by atoms with Gasteiger partial charge in [0.25, 0.3) is 5.91 Å². The number of rotatable bonds is 2. The van der Waals surface area contributed by atoms with E-state index in [2.05, 4.69) is 5.32 Å². The summed E-state index contributed by atoms with van der Waals surface area (Å²) in [6.07, 6.45) is 0.874. The number of esters is 1. The average molecular weight is 346 g/mol. The molecule has 2 atom stereocenters. The lowest BCUT2D eigenvalue weighted by atomic mass is 9.71. The number of piperidine rings is 2. The SMILES string of the molecule is COC(=O)c1ccccc1C(=O)N1CC[C@@H](O)[C@@]2(CCCNC2=O)C1. The molecule has 134 valence electrons. The van der Waals surface area contributed by atoms with E-state index in [1.807, 2.05) is 0 Å². The Kier molecular flexibility index (Phi) is 4.76. The van der Waals surface area contributed by atoms with Crippen molar-refractivity contribution in [2.24, 2.45) is 5.41 Å². The lowest BCUT2D eigenvalue weighted by Gasteiger charge is -2.46. The van der Waals surface area contributed by atoms with Gasteiger partial charge in [-0.25, -0.2) is 4.79 Å². The number of amides is 2. The van der Waals surface area contributed by atoms with Gasteiger partial charge in [0.15, 0.2) is 0 Å². The van der Waals surface area contributed by atoms with Crippen LogP contribution in [-0.4, -0.2) is 60.6 Å². The molecule has 0 aliphatic carbocycles. The number of carbonyl (C=O) groups is 3. The molecule has 0 unspecified atom stereocenters. The van der Waals surface area contributed by atoms with E-state index in [9.17, 15) is 19.5 Å². The van der Waals surface area contributed by atoms with Crippen LogP contribution in [0.3, 0.4) is 0 Å². The molecule has 1 spiro atoms. The van der Waals surface area contributed by atoms with Crippen molar-refractivity contribution in [2.45, 2.75) is 25.4 Å². The Morgan fingerprint density at radius 3 is 2.72 bits per heavy atom. The predicted octanol–water partition coefficient (Wildman–Crippen LogP) is 0.576. The van der Waals surface area contributed by atoms with E-state index in [1.54, 1.807) is 29.2 Å². The monoisotopic (exact) mass is 346 g/mol. The first-order valence-electron chi connectivity index (χ1n) is 8.42. The first kappa shape index (κ1) is 17.4. The lowest BCUT2D eigenvalue weighted by Crippen LogP contribution is -2.62. The van der Waals surface area contributed by atoms with Crippen molar-refractivity contribution in [1.82, 2.24) is 10.2 Å². The maximum Gasteiger partial charge on any atom is 0.338 e. The van der Waals surface area contributed by atoms with Gasteiger partial charge in [-0.15, -0.1) is 0 Å². The summed E-state index contributed by atoms with van der Waals surface area (Å²) in [5.74, 6) is -1.11. The minimum absolute atomic E-state index is 0.147. The molecule has 25 heavy (non-hydrogen) atoms. The average Bonchev–Trinajstić information content (AvgIpc) is 2.65. The van der Waals surface area contributed by atoms with Crippen LogP contribution in [0.25, 0.3) is 0 Å². The van der Waals surface area contributed by atoms with Crippen LogP contribution in [0.1, 0.15) is 40.0 Å². The zero-order valence-electron chi connectivity index (χ0n) is 14.2. The number of nitrogens with zero attached hydrogens (tertiary/aromatic N) is 1. The molecule has 0 bridgehead atoms. The van der Waals surface area contributed by atoms with Crippen molar-refractivity contribution >= 4 is 17.8 Å². The molecule has 2 fully saturated rings. The third kappa shape index (κ3) is 3.00. The molecule has 2 amide bonds. The van der Waals surface area contributed by atoms with E-state index in [-0.39, 0.29) is 29.5 Å². The maximum atomic E-state index is 13.0. The van der Waals surface area contributed by atoms with Crippen LogP contribution in [-0.2, 0) is 9.53 Å². The summed E-state index contributed by atoms with van der Waals surface area (Å²) in [7, 11) is 1.27. The molecule has 3 rings (SSSR count). The molecule has 2 N–H and O–H groups in total. The first-order chi connectivity index (χ1) is 12.0. The van der Waals surface area contributed by atoms with Gasteiger partial charge in [0.2, 0.25) is 5.91 Å². The number of hydrogen-bond donors (Lipinski definition) is 2. The molecule has 0 saturated carbocycles. The van der Waals surface area contributed by atoms with Crippen LogP contribution in [0.2, 0.25) is 0 Å². The smallest absolute Gasteiger partial charge is 0.338 e. The molecule has 1 aromatic rings. The Bertz CT molecular complexity index is 704. The summed E-state index contributed by atoms with van der Waals surface area (Å²) < 4.78 is 4.74. The summed E-state index contributed by atoms with van der Waals surface area (Å²) in [4.78, 5) is 38.9. The van der Waals surface area contributed by atoms with Crippen molar-refractivity contribution in [3.63, 3.8) is 0 Å². The number of aliphatic hydroxyl groups is 1. The van der Waals surface area contributed by atoms with Gasteiger partial charge in [0.1, 0.15) is 0 Å². The number of nitrogens with one attached hydrogen (secondary N) is 1. The standard InChI is InChI=1S/C18H22N2O5/c1-25-16(23)13-6-3-2-5-12(13)15(22)20-10-7-14(21)18(11-20)8-4-9-19-17(18)24/h2-3,5-6,14,21H,4,7-11H2,1H3,(H,19,24)/t14-,18-/m1/s1. The summed E-state index contributed by atoms with van der Waals surface area (Å²) >= 11 is 0. The minimum atomic E-state index is -0.966. The number of likely N-dealkylation sites (tertiary alicyclic amines) is 1. The Morgan fingerprint density at radius 1 is 1.32 bits per heavy atom. The van der Waals surface area contributed by atoms with Gasteiger partial charge in [-0.2, -0.15) is 0 Å². The molecule has 2 saturated heterocycles. The van der Waals surface area contributed by atoms with Gasteiger partial charge in [-0.3, -0.25) is 9.59 Å². The van der Waals surface area contributed by atoms with Crippen LogP contribution < -0.4 is 5.32 Å². The second-order valence-corrected chi connectivity index (χ2v) is 6.58. The molecule has 2 heterocycles. The molecular formula is C18H22N2O5. The second kappa shape index (κ2) is 6.84. The molecular weight excluding hydrogens is 324 g/mol. The van der Waals surface area contributed by atoms with Crippen LogP contribution >= 0.6 is 0 Å². The molecule has 1 aromatic carbocycles. The quantitative estimate of drug-likeness (QED) is 0.764. The number of carbonyl (C=O) groups excluding carboxylic acids is 3. The number of hydrogen-bond acceptors (Lipinski definition) is 5. The minimum Gasteiger partial charge on any atom is -0.465 e. The second-order valence-electron chi connectivity index (χ2n) is 6.58. The summed E-state index contributed by atoms with van der Waals surface area (Å²) in [6, 6.07) is 6.47. The van der Waals surface area contributed by atoms with Crippen molar-refractivity contribution in [3.05, 3.63) is 35.4 Å².